The van der Waals surface area contributed by atoms with Crippen LogP contribution in [0.2, 0.25) is 0 Å². The average Bonchev–Trinajstić information content (AvgIpc) is 2.98. The lowest BCUT2D eigenvalue weighted by atomic mass is 9.98. The van der Waals surface area contributed by atoms with E-state index in [1.165, 1.54) is 10.8 Å². The summed E-state index contributed by atoms with van der Waals surface area (Å²) in [6.07, 6.45) is 6.92. The third-order valence-corrected chi connectivity index (χ3v) is 7.13. The van der Waals surface area contributed by atoms with Crippen LogP contribution >= 0.6 is 0 Å². The SMILES string of the molecule is C=NC(=N/C=C(\C)OCC1CCN(C)CC1)c1cccc([C@@H](C)n2cc(-c3cc(C#N)ccn3)cc(F)c2=O)c1. The van der Waals surface area contributed by atoms with Gasteiger partial charge in [-0.3, -0.25) is 9.78 Å². The van der Waals surface area contributed by atoms with E-state index < -0.39 is 17.4 Å². The summed E-state index contributed by atoms with van der Waals surface area (Å²) in [5.41, 5.74) is 1.89. The zero-order valence-electron chi connectivity index (χ0n) is 23.0. The Hall–Kier alpha value is -4.42. The fourth-order valence-electron chi connectivity index (χ4n) is 4.63. The van der Waals surface area contributed by atoms with Gasteiger partial charge in [0.05, 0.1) is 36.2 Å². The van der Waals surface area contributed by atoms with Crippen molar-refractivity contribution in [2.75, 3.05) is 26.7 Å². The Morgan fingerprint density at radius 1 is 1.30 bits per heavy atom. The number of halogens is 1. The molecule has 0 saturated carbocycles. The first-order valence-corrected chi connectivity index (χ1v) is 13.2. The quantitative estimate of drug-likeness (QED) is 0.222. The molecule has 0 aliphatic carbocycles. The second-order valence-corrected chi connectivity index (χ2v) is 10.0. The summed E-state index contributed by atoms with van der Waals surface area (Å²) in [5.74, 6) is 0.732. The van der Waals surface area contributed by atoms with Crippen molar-refractivity contribution in [3.63, 3.8) is 0 Å². The Morgan fingerprint density at radius 2 is 2.08 bits per heavy atom. The van der Waals surface area contributed by atoms with E-state index in [2.05, 4.69) is 33.6 Å². The number of piperidine rings is 1. The minimum absolute atomic E-state index is 0.393. The molecule has 0 radical (unpaired) electrons. The van der Waals surface area contributed by atoms with Gasteiger partial charge in [0.15, 0.2) is 11.7 Å². The molecule has 0 N–H and O–H groups in total. The third-order valence-electron chi connectivity index (χ3n) is 7.13. The molecule has 0 unspecified atom stereocenters. The van der Waals surface area contributed by atoms with Gasteiger partial charge in [-0.2, -0.15) is 5.26 Å². The molecule has 0 amide bonds. The Balaban J connectivity index is 1.55. The summed E-state index contributed by atoms with van der Waals surface area (Å²) >= 11 is 0. The largest absolute Gasteiger partial charge is 0.496 e. The normalized spacial score (nSPS) is 15.9. The molecule has 1 atom stereocenters. The molecule has 1 saturated heterocycles. The van der Waals surface area contributed by atoms with Crippen LogP contribution in [-0.4, -0.2) is 53.7 Å². The van der Waals surface area contributed by atoms with Crippen LogP contribution in [0.5, 0.6) is 0 Å². The van der Waals surface area contributed by atoms with Crippen LogP contribution in [-0.2, 0) is 4.74 Å². The van der Waals surface area contributed by atoms with Crippen LogP contribution in [0, 0.1) is 23.1 Å². The van der Waals surface area contributed by atoms with E-state index >= 15 is 0 Å². The number of pyridine rings is 2. The van der Waals surface area contributed by atoms with Crippen molar-refractivity contribution in [3.8, 4) is 17.3 Å². The van der Waals surface area contributed by atoms with E-state index in [0.29, 0.717) is 46.5 Å². The number of hydrogen-bond acceptors (Lipinski definition) is 6. The van der Waals surface area contributed by atoms with Crippen molar-refractivity contribution in [2.24, 2.45) is 15.9 Å². The number of hydrogen-bond donors (Lipinski definition) is 0. The van der Waals surface area contributed by atoms with Crippen LogP contribution in [0.4, 0.5) is 4.39 Å². The fraction of sp³-hybridized carbons (Fsp3) is 0.323. The summed E-state index contributed by atoms with van der Waals surface area (Å²) < 4.78 is 22.0. The monoisotopic (exact) mass is 540 g/mol. The van der Waals surface area contributed by atoms with Gasteiger partial charge in [-0.1, -0.05) is 18.2 Å². The number of nitrogens with zero attached hydrogens (tertiary/aromatic N) is 6. The molecule has 1 fully saturated rings. The predicted octanol–water partition coefficient (Wildman–Crippen LogP) is 5.20. The van der Waals surface area contributed by atoms with Gasteiger partial charge in [-0.25, -0.2) is 14.4 Å². The number of rotatable bonds is 8. The number of nitriles is 1. The smallest absolute Gasteiger partial charge is 0.287 e. The van der Waals surface area contributed by atoms with Crippen molar-refractivity contribution < 1.29 is 9.13 Å². The number of benzene rings is 1. The van der Waals surface area contributed by atoms with Crippen molar-refractivity contribution in [2.45, 2.75) is 32.7 Å². The minimum atomic E-state index is -0.902. The molecule has 4 rings (SSSR count). The van der Waals surface area contributed by atoms with Crippen molar-refractivity contribution >= 4 is 12.6 Å². The number of aliphatic imine (C=N–C) groups is 2. The summed E-state index contributed by atoms with van der Waals surface area (Å²) in [7, 11) is 2.14. The minimum Gasteiger partial charge on any atom is -0.496 e. The van der Waals surface area contributed by atoms with Crippen LogP contribution in [0.3, 0.4) is 0 Å². The van der Waals surface area contributed by atoms with E-state index in [0.717, 1.165) is 37.6 Å². The molecule has 1 aromatic carbocycles. The van der Waals surface area contributed by atoms with Gasteiger partial charge in [0.25, 0.3) is 5.56 Å². The highest BCUT2D eigenvalue weighted by atomic mass is 19.1. The number of ether oxygens (including phenoxy) is 1. The summed E-state index contributed by atoms with van der Waals surface area (Å²) in [6.45, 7) is 10.2. The van der Waals surface area contributed by atoms with Crippen molar-refractivity contribution in [3.05, 3.63) is 99.7 Å². The maximum Gasteiger partial charge on any atom is 0.287 e. The first-order chi connectivity index (χ1) is 19.3. The average molecular weight is 541 g/mol. The number of likely N-dealkylation sites (tertiary alicyclic amines) is 1. The third kappa shape index (κ3) is 6.96. The first-order valence-electron chi connectivity index (χ1n) is 13.2. The van der Waals surface area contributed by atoms with Gasteiger partial charge in [-0.15, -0.1) is 0 Å². The van der Waals surface area contributed by atoms with E-state index in [1.54, 1.807) is 24.5 Å². The molecule has 40 heavy (non-hydrogen) atoms. The fourth-order valence-corrected chi connectivity index (χ4v) is 4.63. The molecule has 2 aromatic heterocycles. The summed E-state index contributed by atoms with van der Waals surface area (Å²) in [5, 5.41) is 9.21. The topological polar surface area (TPSA) is 95.9 Å². The van der Waals surface area contributed by atoms with E-state index in [-0.39, 0.29) is 0 Å². The van der Waals surface area contributed by atoms with E-state index in [9.17, 15) is 14.4 Å². The Bertz CT molecular complexity index is 1530. The standard InChI is InChI=1S/C31H33FN6O2/c1-21(40-20-23-9-12-37(4)13-10-23)18-36-30(34-3)26-7-5-6-25(15-26)22(2)38-19-27(16-28(32)31(38)39)29-14-24(17-33)8-11-35-29/h5-8,11,14-16,18-19,22-23H,3,9-10,12-13,20H2,1-2,4H3/b21-18+,36-30?/t22-/m1/s1. The molecule has 206 valence electrons. The van der Waals surface area contributed by atoms with E-state index in [1.807, 2.05) is 44.2 Å². The van der Waals surface area contributed by atoms with Gasteiger partial charge in [0.1, 0.15) is 5.76 Å². The number of allylic oxidation sites excluding steroid dienone is 1. The second kappa shape index (κ2) is 13.1. The molecular weight excluding hydrogens is 507 g/mol. The number of aromatic nitrogens is 2. The van der Waals surface area contributed by atoms with Crippen LogP contribution < -0.4 is 5.56 Å². The summed E-state index contributed by atoms with van der Waals surface area (Å²) in [4.78, 5) is 27.9. The lowest BCUT2D eigenvalue weighted by molar-refractivity contribution is 0.117. The van der Waals surface area contributed by atoms with Gasteiger partial charge in [0, 0.05) is 23.5 Å². The molecule has 0 spiro atoms. The maximum atomic E-state index is 14.7. The molecular formula is C31H33FN6O2. The second-order valence-electron chi connectivity index (χ2n) is 10.0. The molecule has 0 bridgehead atoms. The van der Waals surface area contributed by atoms with Gasteiger partial charge < -0.3 is 14.2 Å². The first kappa shape index (κ1) is 28.6. The zero-order chi connectivity index (χ0) is 28.6. The van der Waals surface area contributed by atoms with E-state index in [4.69, 9.17) is 4.74 Å². The van der Waals surface area contributed by atoms with Crippen molar-refractivity contribution in [1.82, 2.24) is 14.5 Å². The van der Waals surface area contributed by atoms with Crippen molar-refractivity contribution in [1.29, 1.82) is 5.26 Å². The molecule has 1 aliphatic rings. The van der Waals surface area contributed by atoms with Crippen LogP contribution in [0.25, 0.3) is 11.3 Å². The zero-order valence-corrected chi connectivity index (χ0v) is 23.0. The lowest BCUT2D eigenvalue weighted by Crippen LogP contribution is -2.31. The highest BCUT2D eigenvalue weighted by molar-refractivity contribution is 6.01. The Labute approximate surface area is 233 Å². The highest BCUT2D eigenvalue weighted by Gasteiger charge is 2.18. The molecule has 9 heteroatoms. The van der Waals surface area contributed by atoms with Crippen LogP contribution in [0.1, 0.15) is 49.4 Å². The highest BCUT2D eigenvalue weighted by Crippen LogP contribution is 2.23. The number of amidine groups is 1. The Morgan fingerprint density at radius 3 is 2.80 bits per heavy atom. The van der Waals surface area contributed by atoms with Gasteiger partial charge in [0.2, 0.25) is 0 Å². The van der Waals surface area contributed by atoms with Crippen LogP contribution in [0.15, 0.2) is 81.6 Å². The van der Waals surface area contributed by atoms with Gasteiger partial charge >= 0.3 is 0 Å². The maximum absolute atomic E-state index is 14.7. The Kier molecular flexibility index (Phi) is 9.35. The molecule has 3 aromatic rings. The molecule has 1 aliphatic heterocycles. The molecule has 8 nitrogen and oxygen atoms in total. The lowest BCUT2D eigenvalue weighted by Gasteiger charge is -2.28. The van der Waals surface area contributed by atoms with Gasteiger partial charge in [-0.05, 0) is 89.3 Å². The molecule has 3 heterocycles. The summed E-state index contributed by atoms with van der Waals surface area (Å²) in [6, 6.07) is 13.2. The predicted molar refractivity (Wildman–Crippen MR) is 155 cm³/mol.